The standard InChI is InChI=1S/C12H17BrN2OS/c1-15(11(16)12(8-14)3-4-12)5-2-10-6-9(13)7-17-10/h6-7H,2-5,8,14H2,1H3. The number of thiophene rings is 1. The summed E-state index contributed by atoms with van der Waals surface area (Å²) in [7, 11) is 1.88. The largest absolute Gasteiger partial charge is 0.345 e. The van der Waals surface area contributed by atoms with Crippen LogP contribution >= 0.6 is 27.3 Å². The summed E-state index contributed by atoms with van der Waals surface area (Å²) in [5.74, 6) is 0.218. The maximum atomic E-state index is 12.1. The van der Waals surface area contributed by atoms with Gasteiger partial charge < -0.3 is 10.6 Å². The molecule has 1 heterocycles. The maximum Gasteiger partial charge on any atom is 0.229 e. The molecular weight excluding hydrogens is 300 g/mol. The first kappa shape index (κ1) is 13.1. The van der Waals surface area contributed by atoms with Crippen molar-refractivity contribution in [1.82, 2.24) is 4.90 Å². The van der Waals surface area contributed by atoms with E-state index in [1.807, 2.05) is 11.9 Å². The van der Waals surface area contributed by atoms with Gasteiger partial charge in [0.15, 0.2) is 0 Å². The van der Waals surface area contributed by atoms with E-state index in [2.05, 4.69) is 27.4 Å². The van der Waals surface area contributed by atoms with Gasteiger partial charge >= 0.3 is 0 Å². The summed E-state index contributed by atoms with van der Waals surface area (Å²) in [5, 5.41) is 2.07. The summed E-state index contributed by atoms with van der Waals surface area (Å²) in [4.78, 5) is 15.3. The van der Waals surface area contributed by atoms with Crippen LogP contribution in [-0.2, 0) is 11.2 Å². The van der Waals surface area contributed by atoms with Crippen LogP contribution in [0, 0.1) is 5.41 Å². The van der Waals surface area contributed by atoms with E-state index in [1.54, 1.807) is 11.3 Å². The van der Waals surface area contributed by atoms with Crippen LogP contribution in [0.15, 0.2) is 15.9 Å². The van der Waals surface area contributed by atoms with Crippen LogP contribution in [0.25, 0.3) is 0 Å². The highest BCUT2D eigenvalue weighted by molar-refractivity contribution is 9.10. The molecule has 0 aliphatic heterocycles. The fraction of sp³-hybridized carbons (Fsp3) is 0.583. The molecule has 0 atom stereocenters. The molecule has 5 heteroatoms. The number of nitrogens with two attached hydrogens (primary N) is 1. The van der Waals surface area contributed by atoms with Crippen LogP contribution in [-0.4, -0.2) is 30.9 Å². The van der Waals surface area contributed by atoms with Crippen molar-refractivity contribution in [3.63, 3.8) is 0 Å². The zero-order valence-corrected chi connectivity index (χ0v) is 12.3. The van der Waals surface area contributed by atoms with E-state index < -0.39 is 0 Å². The molecule has 0 aromatic carbocycles. The van der Waals surface area contributed by atoms with Crippen LogP contribution < -0.4 is 5.73 Å². The molecule has 1 fully saturated rings. The third kappa shape index (κ3) is 2.89. The number of likely N-dealkylation sites (N-methyl/N-ethyl adjacent to an activating group) is 1. The molecule has 17 heavy (non-hydrogen) atoms. The molecule has 94 valence electrons. The zero-order valence-electron chi connectivity index (χ0n) is 9.91. The van der Waals surface area contributed by atoms with Gasteiger partial charge in [0, 0.05) is 34.9 Å². The molecule has 0 saturated heterocycles. The van der Waals surface area contributed by atoms with Crippen molar-refractivity contribution in [2.24, 2.45) is 11.1 Å². The van der Waals surface area contributed by atoms with E-state index in [-0.39, 0.29) is 11.3 Å². The smallest absolute Gasteiger partial charge is 0.229 e. The third-order valence-electron chi connectivity index (χ3n) is 3.36. The Bertz CT molecular complexity index is 414. The van der Waals surface area contributed by atoms with Crippen molar-refractivity contribution in [2.45, 2.75) is 19.3 Å². The SMILES string of the molecule is CN(CCc1cc(Br)cs1)C(=O)C1(CN)CC1. The fourth-order valence-corrected chi connectivity index (χ4v) is 3.37. The lowest BCUT2D eigenvalue weighted by Crippen LogP contribution is -2.39. The second-order valence-corrected chi connectivity index (χ2v) is 6.60. The molecule has 2 N–H and O–H groups in total. The van der Waals surface area contributed by atoms with Crippen LogP contribution in [0.5, 0.6) is 0 Å². The topological polar surface area (TPSA) is 46.3 Å². The predicted molar refractivity (Wildman–Crippen MR) is 74.1 cm³/mol. The predicted octanol–water partition coefficient (Wildman–Crippen LogP) is 2.25. The van der Waals surface area contributed by atoms with Crippen molar-refractivity contribution < 1.29 is 4.79 Å². The highest BCUT2D eigenvalue weighted by Crippen LogP contribution is 2.45. The number of hydrogen-bond donors (Lipinski definition) is 1. The van der Waals surface area contributed by atoms with Gasteiger partial charge in [-0.15, -0.1) is 11.3 Å². The molecule has 0 bridgehead atoms. The minimum atomic E-state index is -0.217. The Balaban J connectivity index is 1.85. The Hall–Kier alpha value is -0.390. The van der Waals surface area contributed by atoms with Crippen LogP contribution in [0.2, 0.25) is 0 Å². The van der Waals surface area contributed by atoms with Gasteiger partial charge in [0.25, 0.3) is 0 Å². The first-order valence-corrected chi connectivity index (χ1v) is 7.43. The van der Waals surface area contributed by atoms with E-state index in [9.17, 15) is 4.79 Å². The van der Waals surface area contributed by atoms with Gasteiger partial charge in [-0.05, 0) is 41.3 Å². The molecule has 0 unspecified atom stereocenters. The average molecular weight is 317 g/mol. The highest BCUT2D eigenvalue weighted by Gasteiger charge is 2.49. The van der Waals surface area contributed by atoms with E-state index >= 15 is 0 Å². The third-order valence-corrected chi connectivity index (χ3v) is 5.12. The zero-order chi connectivity index (χ0) is 12.5. The molecule has 0 spiro atoms. The number of hydrogen-bond acceptors (Lipinski definition) is 3. The molecule has 1 aliphatic rings. The van der Waals surface area contributed by atoms with Crippen molar-refractivity contribution in [1.29, 1.82) is 0 Å². The van der Waals surface area contributed by atoms with Crippen LogP contribution in [0.1, 0.15) is 17.7 Å². The number of amides is 1. The van der Waals surface area contributed by atoms with Gasteiger partial charge in [-0.25, -0.2) is 0 Å². The molecule has 3 nitrogen and oxygen atoms in total. The Morgan fingerprint density at radius 1 is 1.65 bits per heavy atom. The molecular formula is C12H17BrN2OS. The molecule has 1 saturated carbocycles. The molecule has 2 rings (SSSR count). The summed E-state index contributed by atoms with van der Waals surface area (Å²) in [5.41, 5.74) is 5.45. The van der Waals surface area contributed by atoms with Crippen LogP contribution in [0.4, 0.5) is 0 Å². The van der Waals surface area contributed by atoms with Crippen LogP contribution in [0.3, 0.4) is 0 Å². The van der Waals surface area contributed by atoms with Gasteiger partial charge in [0.2, 0.25) is 5.91 Å². The van der Waals surface area contributed by atoms with E-state index in [1.165, 1.54) is 4.88 Å². The molecule has 1 aromatic rings. The lowest BCUT2D eigenvalue weighted by Gasteiger charge is -2.22. The Labute approximate surface area is 114 Å². The average Bonchev–Trinajstić information content (AvgIpc) is 3.03. The quantitative estimate of drug-likeness (QED) is 0.905. The van der Waals surface area contributed by atoms with Crippen molar-refractivity contribution >= 4 is 33.2 Å². The molecule has 1 aromatic heterocycles. The Morgan fingerprint density at radius 2 is 2.35 bits per heavy atom. The number of rotatable bonds is 5. The number of carbonyl (C=O) groups is 1. The van der Waals surface area contributed by atoms with Gasteiger partial charge in [0.1, 0.15) is 0 Å². The number of halogens is 1. The molecule has 0 radical (unpaired) electrons. The van der Waals surface area contributed by atoms with Gasteiger partial charge in [-0.1, -0.05) is 0 Å². The normalized spacial score (nSPS) is 16.9. The minimum absolute atomic E-state index is 0.217. The fourth-order valence-electron chi connectivity index (χ4n) is 1.93. The lowest BCUT2D eigenvalue weighted by molar-refractivity contribution is -0.135. The summed E-state index contributed by atoms with van der Waals surface area (Å²) >= 11 is 5.16. The Morgan fingerprint density at radius 3 is 2.82 bits per heavy atom. The van der Waals surface area contributed by atoms with E-state index in [4.69, 9.17) is 5.73 Å². The second-order valence-electron chi connectivity index (χ2n) is 4.69. The molecule has 1 aliphatic carbocycles. The first-order chi connectivity index (χ1) is 8.07. The van der Waals surface area contributed by atoms with E-state index in [0.717, 1.165) is 30.3 Å². The summed E-state index contributed by atoms with van der Waals surface area (Å²) in [6.45, 7) is 1.26. The lowest BCUT2D eigenvalue weighted by atomic mass is 10.1. The summed E-state index contributed by atoms with van der Waals surface area (Å²) < 4.78 is 1.12. The number of carbonyl (C=O) groups excluding carboxylic acids is 1. The van der Waals surface area contributed by atoms with Gasteiger partial charge in [-0.3, -0.25) is 4.79 Å². The monoisotopic (exact) mass is 316 g/mol. The van der Waals surface area contributed by atoms with Crippen molar-refractivity contribution in [3.8, 4) is 0 Å². The van der Waals surface area contributed by atoms with Gasteiger partial charge in [0.05, 0.1) is 5.41 Å². The summed E-state index contributed by atoms with van der Waals surface area (Å²) in [6.07, 6.45) is 2.83. The Kier molecular flexibility index (Phi) is 3.90. The second kappa shape index (κ2) is 5.08. The minimum Gasteiger partial charge on any atom is -0.345 e. The van der Waals surface area contributed by atoms with E-state index in [0.29, 0.717) is 6.54 Å². The van der Waals surface area contributed by atoms with Crippen molar-refractivity contribution in [2.75, 3.05) is 20.1 Å². The van der Waals surface area contributed by atoms with Gasteiger partial charge in [-0.2, -0.15) is 0 Å². The van der Waals surface area contributed by atoms with Crippen molar-refractivity contribution in [3.05, 3.63) is 20.8 Å². The molecule has 1 amide bonds. The maximum absolute atomic E-state index is 12.1. The first-order valence-electron chi connectivity index (χ1n) is 5.76. The number of nitrogens with zero attached hydrogens (tertiary/aromatic N) is 1. The highest BCUT2D eigenvalue weighted by atomic mass is 79.9. The summed E-state index contributed by atoms with van der Waals surface area (Å²) in [6, 6.07) is 2.11.